The van der Waals surface area contributed by atoms with Crippen LogP contribution in [0.25, 0.3) is 0 Å². The molecule has 1 heterocycles. The van der Waals surface area contributed by atoms with E-state index in [9.17, 15) is 0 Å². The standard InChI is InChI=1S/C15H30N2/c1-11(2)15-10-17(13(4)9-16-15)14-7-5-12(3)6-8-14/h11-16H,5-10H2,1-4H3. The maximum Gasteiger partial charge on any atom is 0.0218 e. The first-order chi connectivity index (χ1) is 8.08. The summed E-state index contributed by atoms with van der Waals surface area (Å²) in [5.41, 5.74) is 0. The number of nitrogens with one attached hydrogen (secondary N) is 1. The highest BCUT2D eigenvalue weighted by Gasteiger charge is 2.32. The van der Waals surface area contributed by atoms with Crippen molar-refractivity contribution in [3.63, 3.8) is 0 Å². The molecule has 2 fully saturated rings. The van der Waals surface area contributed by atoms with Crippen LogP contribution in [0.5, 0.6) is 0 Å². The molecule has 0 amide bonds. The summed E-state index contributed by atoms with van der Waals surface area (Å²) < 4.78 is 0. The summed E-state index contributed by atoms with van der Waals surface area (Å²) in [5, 5.41) is 3.70. The molecular formula is C15H30N2. The Kier molecular flexibility index (Phi) is 4.48. The van der Waals surface area contributed by atoms with E-state index >= 15 is 0 Å². The molecule has 1 aliphatic carbocycles. The van der Waals surface area contributed by atoms with Crippen molar-refractivity contribution in [2.75, 3.05) is 13.1 Å². The fraction of sp³-hybridized carbons (Fsp3) is 1.00. The summed E-state index contributed by atoms with van der Waals surface area (Å²) in [6, 6.07) is 2.29. The summed E-state index contributed by atoms with van der Waals surface area (Å²) in [5.74, 6) is 1.72. The Morgan fingerprint density at radius 2 is 1.71 bits per heavy atom. The van der Waals surface area contributed by atoms with Gasteiger partial charge in [0.05, 0.1) is 0 Å². The molecule has 1 aliphatic heterocycles. The van der Waals surface area contributed by atoms with Gasteiger partial charge >= 0.3 is 0 Å². The van der Waals surface area contributed by atoms with E-state index in [1.54, 1.807) is 0 Å². The van der Waals surface area contributed by atoms with E-state index in [1.807, 2.05) is 0 Å². The molecule has 2 rings (SSSR count). The minimum atomic E-state index is 0.700. The lowest BCUT2D eigenvalue weighted by Gasteiger charge is -2.46. The third kappa shape index (κ3) is 3.23. The Hall–Kier alpha value is -0.0800. The van der Waals surface area contributed by atoms with Gasteiger partial charge in [0.25, 0.3) is 0 Å². The zero-order valence-electron chi connectivity index (χ0n) is 12.1. The SMILES string of the molecule is CC1CCC(N2CC(C(C)C)NCC2C)CC1. The van der Waals surface area contributed by atoms with Crippen LogP contribution < -0.4 is 5.32 Å². The number of nitrogens with zero attached hydrogens (tertiary/aromatic N) is 1. The van der Waals surface area contributed by atoms with E-state index < -0.39 is 0 Å². The third-order valence-corrected chi connectivity index (χ3v) is 4.91. The summed E-state index contributed by atoms with van der Waals surface area (Å²) in [7, 11) is 0. The molecule has 17 heavy (non-hydrogen) atoms. The van der Waals surface area contributed by atoms with Gasteiger partial charge in [-0.2, -0.15) is 0 Å². The molecule has 2 nitrogen and oxygen atoms in total. The van der Waals surface area contributed by atoms with Crippen LogP contribution in [0.4, 0.5) is 0 Å². The molecule has 0 radical (unpaired) electrons. The first-order valence-electron chi connectivity index (χ1n) is 7.57. The smallest absolute Gasteiger partial charge is 0.0218 e. The number of piperazine rings is 1. The lowest BCUT2D eigenvalue weighted by Crippen LogP contribution is -2.60. The minimum absolute atomic E-state index is 0.700. The fourth-order valence-corrected chi connectivity index (χ4v) is 3.44. The molecule has 2 unspecified atom stereocenters. The fourth-order valence-electron chi connectivity index (χ4n) is 3.44. The highest BCUT2D eigenvalue weighted by molar-refractivity contribution is 4.90. The summed E-state index contributed by atoms with van der Waals surface area (Å²) >= 11 is 0. The maximum absolute atomic E-state index is 3.70. The lowest BCUT2D eigenvalue weighted by atomic mass is 9.85. The molecule has 0 bridgehead atoms. The van der Waals surface area contributed by atoms with Crippen LogP contribution in [0, 0.1) is 11.8 Å². The van der Waals surface area contributed by atoms with Crippen LogP contribution in [0.1, 0.15) is 53.4 Å². The molecule has 0 aromatic rings. The summed E-state index contributed by atoms with van der Waals surface area (Å²) in [6.07, 6.45) is 5.73. The van der Waals surface area contributed by atoms with Crippen molar-refractivity contribution in [2.24, 2.45) is 11.8 Å². The van der Waals surface area contributed by atoms with Gasteiger partial charge < -0.3 is 5.32 Å². The van der Waals surface area contributed by atoms with E-state index in [2.05, 4.69) is 37.9 Å². The molecule has 0 spiro atoms. The zero-order chi connectivity index (χ0) is 12.4. The Bertz CT molecular complexity index is 231. The van der Waals surface area contributed by atoms with E-state index in [1.165, 1.54) is 38.8 Å². The van der Waals surface area contributed by atoms with Gasteiger partial charge in [0.1, 0.15) is 0 Å². The molecular weight excluding hydrogens is 208 g/mol. The zero-order valence-corrected chi connectivity index (χ0v) is 12.1. The average molecular weight is 238 g/mol. The Balaban J connectivity index is 1.93. The predicted octanol–water partition coefficient (Wildman–Crippen LogP) is 2.88. The van der Waals surface area contributed by atoms with Crippen molar-refractivity contribution < 1.29 is 0 Å². The number of hydrogen-bond donors (Lipinski definition) is 1. The Labute approximate surface area is 107 Å². The number of hydrogen-bond acceptors (Lipinski definition) is 2. The molecule has 1 N–H and O–H groups in total. The van der Waals surface area contributed by atoms with E-state index in [0.717, 1.165) is 23.9 Å². The van der Waals surface area contributed by atoms with Crippen molar-refractivity contribution in [3.8, 4) is 0 Å². The van der Waals surface area contributed by atoms with Crippen molar-refractivity contribution in [1.82, 2.24) is 10.2 Å². The minimum Gasteiger partial charge on any atom is -0.311 e. The topological polar surface area (TPSA) is 15.3 Å². The second-order valence-electron chi connectivity index (χ2n) is 6.72. The molecule has 1 saturated heterocycles. The second kappa shape index (κ2) is 5.71. The van der Waals surface area contributed by atoms with Crippen LogP contribution in [0.3, 0.4) is 0 Å². The van der Waals surface area contributed by atoms with Crippen molar-refractivity contribution >= 4 is 0 Å². The molecule has 0 aromatic heterocycles. The van der Waals surface area contributed by atoms with E-state index in [0.29, 0.717) is 6.04 Å². The average Bonchev–Trinajstić information content (AvgIpc) is 2.31. The Morgan fingerprint density at radius 1 is 1.06 bits per heavy atom. The van der Waals surface area contributed by atoms with Gasteiger partial charge in [-0.1, -0.05) is 20.8 Å². The van der Waals surface area contributed by atoms with Crippen LogP contribution in [-0.4, -0.2) is 36.1 Å². The van der Waals surface area contributed by atoms with Gasteiger partial charge in [-0.15, -0.1) is 0 Å². The summed E-state index contributed by atoms with van der Waals surface area (Å²) in [6.45, 7) is 11.9. The number of rotatable bonds is 2. The van der Waals surface area contributed by atoms with Gasteiger partial charge in [0.15, 0.2) is 0 Å². The van der Waals surface area contributed by atoms with Crippen molar-refractivity contribution in [3.05, 3.63) is 0 Å². The molecule has 2 aliphatic rings. The second-order valence-corrected chi connectivity index (χ2v) is 6.72. The Morgan fingerprint density at radius 3 is 2.29 bits per heavy atom. The van der Waals surface area contributed by atoms with Gasteiger partial charge in [0, 0.05) is 31.2 Å². The highest BCUT2D eigenvalue weighted by atomic mass is 15.3. The molecule has 100 valence electrons. The first kappa shape index (κ1) is 13.4. The van der Waals surface area contributed by atoms with Crippen molar-refractivity contribution in [1.29, 1.82) is 0 Å². The maximum atomic E-state index is 3.70. The quantitative estimate of drug-likeness (QED) is 0.796. The molecule has 0 aromatic carbocycles. The third-order valence-electron chi connectivity index (χ3n) is 4.91. The molecule has 1 saturated carbocycles. The largest absolute Gasteiger partial charge is 0.311 e. The van der Waals surface area contributed by atoms with Gasteiger partial charge in [-0.25, -0.2) is 0 Å². The van der Waals surface area contributed by atoms with E-state index in [4.69, 9.17) is 0 Å². The van der Waals surface area contributed by atoms with E-state index in [-0.39, 0.29) is 0 Å². The monoisotopic (exact) mass is 238 g/mol. The first-order valence-corrected chi connectivity index (χ1v) is 7.57. The lowest BCUT2D eigenvalue weighted by molar-refractivity contribution is 0.0528. The van der Waals surface area contributed by atoms with Crippen LogP contribution >= 0.6 is 0 Å². The van der Waals surface area contributed by atoms with Crippen LogP contribution in [0.2, 0.25) is 0 Å². The van der Waals surface area contributed by atoms with Gasteiger partial charge in [0.2, 0.25) is 0 Å². The highest BCUT2D eigenvalue weighted by Crippen LogP contribution is 2.29. The molecule has 2 heteroatoms. The predicted molar refractivity (Wildman–Crippen MR) is 74.2 cm³/mol. The summed E-state index contributed by atoms with van der Waals surface area (Å²) in [4.78, 5) is 2.80. The molecule has 2 atom stereocenters. The van der Waals surface area contributed by atoms with Gasteiger partial charge in [-0.3, -0.25) is 4.90 Å². The van der Waals surface area contributed by atoms with Crippen LogP contribution in [0.15, 0.2) is 0 Å². The van der Waals surface area contributed by atoms with Crippen LogP contribution in [-0.2, 0) is 0 Å². The van der Waals surface area contributed by atoms with Crippen molar-refractivity contribution in [2.45, 2.75) is 71.5 Å². The van der Waals surface area contributed by atoms with Gasteiger partial charge in [-0.05, 0) is 44.4 Å². The normalized spacial score (nSPS) is 40.8.